The first-order valence-electron chi connectivity index (χ1n) is 7.30. The van der Waals surface area contributed by atoms with Crippen LogP contribution in [0.3, 0.4) is 0 Å². The van der Waals surface area contributed by atoms with Gasteiger partial charge < -0.3 is 14.8 Å². The quantitative estimate of drug-likeness (QED) is 0.944. The highest BCUT2D eigenvalue weighted by molar-refractivity contribution is 5.79. The Balaban J connectivity index is 1.88. The molecule has 0 spiro atoms. The monoisotopic (exact) mass is 297 g/mol. The van der Waals surface area contributed by atoms with Crippen LogP contribution < -0.4 is 14.8 Å². The molecule has 0 aromatic heterocycles. The summed E-state index contributed by atoms with van der Waals surface area (Å²) in [4.78, 5) is 11.3. The Morgan fingerprint density at radius 1 is 1.05 bits per heavy atom. The summed E-state index contributed by atoms with van der Waals surface area (Å²) in [6.07, 6.45) is 0.575. The number of benzene rings is 2. The van der Waals surface area contributed by atoms with Crippen LogP contribution in [0.25, 0.3) is 11.1 Å². The fourth-order valence-corrected chi connectivity index (χ4v) is 2.81. The molecule has 0 bridgehead atoms. The van der Waals surface area contributed by atoms with Gasteiger partial charge in [0.1, 0.15) is 11.5 Å². The number of ether oxygens (including phenoxy) is 2. The predicted molar refractivity (Wildman–Crippen MR) is 85.3 cm³/mol. The summed E-state index contributed by atoms with van der Waals surface area (Å²) in [6, 6.07) is 14.1. The molecule has 22 heavy (non-hydrogen) atoms. The zero-order chi connectivity index (χ0) is 15.5. The van der Waals surface area contributed by atoms with Gasteiger partial charge in [0.05, 0.1) is 14.2 Å². The molecule has 1 fully saturated rings. The average Bonchev–Trinajstić information content (AvgIpc) is 3.01. The van der Waals surface area contributed by atoms with Crippen LogP contribution in [0.1, 0.15) is 17.9 Å². The number of methoxy groups -OCH3 is 2. The van der Waals surface area contributed by atoms with Crippen LogP contribution >= 0.6 is 0 Å². The highest BCUT2D eigenvalue weighted by Gasteiger charge is 2.22. The van der Waals surface area contributed by atoms with E-state index in [1.54, 1.807) is 14.2 Å². The number of nitrogens with one attached hydrogen (secondary N) is 1. The molecule has 1 heterocycles. The summed E-state index contributed by atoms with van der Waals surface area (Å²) in [5.74, 6) is 1.96. The van der Waals surface area contributed by atoms with E-state index < -0.39 is 0 Å². The fourth-order valence-electron chi connectivity index (χ4n) is 2.81. The molecule has 1 unspecified atom stereocenters. The van der Waals surface area contributed by atoms with Crippen LogP contribution in [0.2, 0.25) is 0 Å². The van der Waals surface area contributed by atoms with Crippen molar-refractivity contribution in [1.82, 2.24) is 5.32 Å². The van der Waals surface area contributed by atoms with Gasteiger partial charge in [0.15, 0.2) is 0 Å². The van der Waals surface area contributed by atoms with Gasteiger partial charge >= 0.3 is 0 Å². The van der Waals surface area contributed by atoms with Gasteiger partial charge in [0, 0.05) is 30.5 Å². The second-order valence-electron chi connectivity index (χ2n) is 5.39. The van der Waals surface area contributed by atoms with E-state index in [0.29, 0.717) is 6.42 Å². The Labute approximate surface area is 130 Å². The molecule has 2 aromatic rings. The summed E-state index contributed by atoms with van der Waals surface area (Å²) in [7, 11) is 3.29. The topological polar surface area (TPSA) is 47.6 Å². The standard InChI is InChI=1S/C18H19NO3/c1-21-15-7-8-16(17(10-15)22-2)13-5-3-12(4-6-13)14-9-18(20)19-11-14/h3-8,10,14H,9,11H2,1-2H3,(H,19,20). The first-order valence-corrected chi connectivity index (χ1v) is 7.30. The SMILES string of the molecule is COc1ccc(-c2ccc(C3CNC(=O)C3)cc2)c(OC)c1. The zero-order valence-corrected chi connectivity index (χ0v) is 12.8. The number of amides is 1. The van der Waals surface area contributed by atoms with Gasteiger partial charge in [-0.15, -0.1) is 0 Å². The van der Waals surface area contributed by atoms with Crippen LogP contribution in [0.15, 0.2) is 42.5 Å². The minimum Gasteiger partial charge on any atom is -0.497 e. The molecule has 1 saturated heterocycles. The van der Waals surface area contributed by atoms with Crippen molar-refractivity contribution >= 4 is 5.91 Å². The van der Waals surface area contributed by atoms with Crippen LogP contribution in [0, 0.1) is 0 Å². The van der Waals surface area contributed by atoms with Gasteiger partial charge in [-0.25, -0.2) is 0 Å². The molecule has 0 aliphatic carbocycles. The Morgan fingerprint density at radius 3 is 2.41 bits per heavy atom. The van der Waals surface area contributed by atoms with Gasteiger partial charge in [-0.2, -0.15) is 0 Å². The molecular weight excluding hydrogens is 278 g/mol. The molecule has 4 heteroatoms. The number of carbonyl (C=O) groups is 1. The van der Waals surface area contributed by atoms with E-state index in [0.717, 1.165) is 29.2 Å². The lowest BCUT2D eigenvalue weighted by Crippen LogP contribution is -2.13. The molecule has 1 amide bonds. The maximum Gasteiger partial charge on any atom is 0.220 e. The van der Waals surface area contributed by atoms with Gasteiger partial charge in [0.25, 0.3) is 0 Å². The van der Waals surface area contributed by atoms with E-state index in [9.17, 15) is 4.79 Å². The van der Waals surface area contributed by atoms with Crippen molar-refractivity contribution in [3.8, 4) is 22.6 Å². The molecule has 1 N–H and O–H groups in total. The Bertz CT molecular complexity index is 679. The molecule has 3 rings (SSSR count). The normalized spacial score (nSPS) is 17.2. The first-order chi connectivity index (χ1) is 10.7. The lowest BCUT2D eigenvalue weighted by molar-refractivity contribution is -0.119. The second kappa shape index (κ2) is 6.10. The second-order valence-corrected chi connectivity index (χ2v) is 5.39. The maximum atomic E-state index is 11.3. The van der Waals surface area contributed by atoms with Crippen molar-refractivity contribution < 1.29 is 14.3 Å². The zero-order valence-electron chi connectivity index (χ0n) is 12.8. The predicted octanol–water partition coefficient (Wildman–Crippen LogP) is 2.97. The van der Waals surface area contributed by atoms with E-state index >= 15 is 0 Å². The van der Waals surface area contributed by atoms with Crippen molar-refractivity contribution in [3.05, 3.63) is 48.0 Å². The highest BCUT2D eigenvalue weighted by Crippen LogP contribution is 2.34. The van der Waals surface area contributed by atoms with Crippen molar-refractivity contribution in [2.45, 2.75) is 12.3 Å². The largest absolute Gasteiger partial charge is 0.497 e. The lowest BCUT2D eigenvalue weighted by atomic mass is 9.95. The maximum absolute atomic E-state index is 11.3. The molecule has 2 aromatic carbocycles. The van der Waals surface area contributed by atoms with Crippen molar-refractivity contribution in [2.24, 2.45) is 0 Å². The van der Waals surface area contributed by atoms with Crippen molar-refractivity contribution in [3.63, 3.8) is 0 Å². The summed E-state index contributed by atoms with van der Waals surface area (Å²) >= 11 is 0. The number of rotatable bonds is 4. The summed E-state index contributed by atoms with van der Waals surface area (Å²) in [5, 5.41) is 2.87. The van der Waals surface area contributed by atoms with Crippen LogP contribution in [-0.2, 0) is 4.79 Å². The minimum atomic E-state index is 0.130. The van der Waals surface area contributed by atoms with E-state index in [-0.39, 0.29) is 11.8 Å². The third kappa shape index (κ3) is 2.77. The van der Waals surface area contributed by atoms with E-state index in [1.807, 2.05) is 18.2 Å². The average molecular weight is 297 g/mol. The summed E-state index contributed by atoms with van der Waals surface area (Å²) in [5.41, 5.74) is 3.30. The summed E-state index contributed by atoms with van der Waals surface area (Å²) in [6.45, 7) is 0.726. The Hall–Kier alpha value is -2.49. The van der Waals surface area contributed by atoms with E-state index in [1.165, 1.54) is 5.56 Å². The van der Waals surface area contributed by atoms with Gasteiger partial charge in [-0.3, -0.25) is 4.79 Å². The molecule has 1 aliphatic rings. The fraction of sp³-hybridized carbons (Fsp3) is 0.278. The highest BCUT2D eigenvalue weighted by atomic mass is 16.5. The van der Waals surface area contributed by atoms with E-state index in [2.05, 4.69) is 29.6 Å². The van der Waals surface area contributed by atoms with Gasteiger partial charge in [0.2, 0.25) is 5.91 Å². The third-order valence-corrected chi connectivity index (χ3v) is 4.08. The van der Waals surface area contributed by atoms with Crippen LogP contribution in [0.5, 0.6) is 11.5 Å². The Morgan fingerprint density at radius 2 is 1.82 bits per heavy atom. The Kier molecular flexibility index (Phi) is 4.00. The van der Waals surface area contributed by atoms with E-state index in [4.69, 9.17) is 9.47 Å². The third-order valence-electron chi connectivity index (χ3n) is 4.08. The summed E-state index contributed by atoms with van der Waals surface area (Å²) < 4.78 is 10.7. The molecular formula is C18H19NO3. The molecule has 1 atom stereocenters. The molecule has 0 radical (unpaired) electrons. The lowest BCUT2D eigenvalue weighted by Gasteiger charge is -2.12. The first kappa shape index (κ1) is 14.4. The van der Waals surface area contributed by atoms with Gasteiger partial charge in [-0.05, 0) is 23.3 Å². The molecule has 0 saturated carbocycles. The van der Waals surface area contributed by atoms with Crippen LogP contribution in [-0.4, -0.2) is 26.7 Å². The van der Waals surface area contributed by atoms with Crippen molar-refractivity contribution in [2.75, 3.05) is 20.8 Å². The molecule has 114 valence electrons. The van der Waals surface area contributed by atoms with Crippen LogP contribution in [0.4, 0.5) is 0 Å². The smallest absolute Gasteiger partial charge is 0.220 e. The molecule has 1 aliphatic heterocycles. The minimum absolute atomic E-state index is 0.130. The van der Waals surface area contributed by atoms with Crippen molar-refractivity contribution in [1.29, 1.82) is 0 Å². The number of carbonyl (C=O) groups excluding carboxylic acids is 1. The number of hydrogen-bond donors (Lipinski definition) is 1. The molecule has 4 nitrogen and oxygen atoms in total. The number of hydrogen-bond acceptors (Lipinski definition) is 3. The van der Waals surface area contributed by atoms with Gasteiger partial charge in [-0.1, -0.05) is 24.3 Å².